The first-order valence-electron chi connectivity index (χ1n) is 8.30. The molecule has 1 aliphatic rings. The van der Waals surface area contributed by atoms with Crippen molar-refractivity contribution in [3.05, 3.63) is 41.2 Å². The molecule has 8 heteroatoms. The van der Waals surface area contributed by atoms with Crippen LogP contribution in [0.15, 0.2) is 24.3 Å². The number of nitrogens with zero attached hydrogens (tertiary/aromatic N) is 3. The first kappa shape index (κ1) is 17.8. The molecule has 1 aromatic heterocycles. The number of carboxylic acid groups (broad SMARTS) is 1. The largest absolute Gasteiger partial charge is 0.497 e. The summed E-state index contributed by atoms with van der Waals surface area (Å²) in [6.45, 7) is 1.53. The Morgan fingerprint density at radius 1 is 1.19 bits per heavy atom. The first-order chi connectivity index (χ1) is 12.5. The molecule has 0 spiro atoms. The number of aryl methyl sites for hydroxylation is 1. The fraction of sp³-hybridized carbons (Fsp3) is 0.389. The molecule has 0 saturated heterocycles. The van der Waals surface area contributed by atoms with Crippen molar-refractivity contribution in [3.8, 4) is 11.5 Å². The van der Waals surface area contributed by atoms with Crippen molar-refractivity contribution in [1.82, 2.24) is 14.7 Å². The van der Waals surface area contributed by atoms with Crippen molar-refractivity contribution in [1.29, 1.82) is 0 Å². The van der Waals surface area contributed by atoms with Crippen LogP contribution in [0.5, 0.6) is 11.5 Å². The van der Waals surface area contributed by atoms with Gasteiger partial charge in [0.15, 0.2) is 0 Å². The predicted molar refractivity (Wildman–Crippen MR) is 92.5 cm³/mol. The molecule has 1 N–H and O–H groups in total. The second-order valence-corrected chi connectivity index (χ2v) is 6.04. The summed E-state index contributed by atoms with van der Waals surface area (Å²) in [5.74, 6) is 0.122. The van der Waals surface area contributed by atoms with Gasteiger partial charge in [-0.3, -0.25) is 14.3 Å². The lowest BCUT2D eigenvalue weighted by molar-refractivity contribution is -0.136. The summed E-state index contributed by atoms with van der Waals surface area (Å²) in [6, 6.07) is 6.98. The van der Waals surface area contributed by atoms with E-state index in [9.17, 15) is 9.59 Å². The normalized spacial score (nSPS) is 13.2. The van der Waals surface area contributed by atoms with Crippen LogP contribution in [0.4, 0.5) is 0 Å². The lowest BCUT2D eigenvalue weighted by atomic mass is 10.1. The summed E-state index contributed by atoms with van der Waals surface area (Å²) in [5, 5.41) is 13.2. The SMILES string of the molecule is COc1ccc(C(=O)N2CCn3nc(CCC(=O)O)cc3C2)c(OC)c1. The van der Waals surface area contributed by atoms with E-state index in [2.05, 4.69) is 5.10 Å². The van der Waals surface area contributed by atoms with Crippen LogP contribution in [0.3, 0.4) is 0 Å². The van der Waals surface area contributed by atoms with Crippen LogP contribution in [0.25, 0.3) is 0 Å². The van der Waals surface area contributed by atoms with E-state index in [1.807, 2.05) is 10.7 Å². The molecule has 2 aromatic rings. The fourth-order valence-electron chi connectivity index (χ4n) is 3.00. The monoisotopic (exact) mass is 359 g/mol. The van der Waals surface area contributed by atoms with E-state index in [0.717, 1.165) is 11.4 Å². The summed E-state index contributed by atoms with van der Waals surface area (Å²) in [6.07, 6.45) is 0.428. The topological polar surface area (TPSA) is 93.9 Å². The number of carbonyl (C=O) groups excluding carboxylic acids is 1. The zero-order chi connectivity index (χ0) is 18.7. The van der Waals surface area contributed by atoms with Gasteiger partial charge in [0.2, 0.25) is 0 Å². The molecule has 0 atom stereocenters. The van der Waals surface area contributed by atoms with E-state index in [1.165, 1.54) is 7.11 Å². The summed E-state index contributed by atoms with van der Waals surface area (Å²) in [7, 11) is 3.08. The van der Waals surface area contributed by atoms with Crippen LogP contribution in [0.1, 0.15) is 28.2 Å². The third-order valence-corrected chi connectivity index (χ3v) is 4.37. The van der Waals surface area contributed by atoms with E-state index in [1.54, 1.807) is 30.2 Å². The molecular formula is C18H21N3O5. The lowest BCUT2D eigenvalue weighted by Gasteiger charge is -2.28. The fourth-order valence-corrected chi connectivity index (χ4v) is 3.00. The Hall–Kier alpha value is -3.03. The Labute approximate surface area is 150 Å². The first-order valence-corrected chi connectivity index (χ1v) is 8.30. The maximum atomic E-state index is 12.9. The van der Waals surface area contributed by atoms with Gasteiger partial charge in [0.1, 0.15) is 11.5 Å². The number of fused-ring (bicyclic) bond motifs is 1. The molecule has 26 heavy (non-hydrogen) atoms. The highest BCUT2D eigenvalue weighted by atomic mass is 16.5. The molecule has 1 amide bonds. The maximum absolute atomic E-state index is 12.9. The molecule has 0 aliphatic carbocycles. The minimum absolute atomic E-state index is 0.0438. The van der Waals surface area contributed by atoms with E-state index >= 15 is 0 Å². The number of aromatic nitrogens is 2. The van der Waals surface area contributed by atoms with Crippen LogP contribution >= 0.6 is 0 Å². The van der Waals surface area contributed by atoms with Crippen molar-refractivity contribution < 1.29 is 24.2 Å². The standard InChI is InChI=1S/C18H21N3O5/c1-25-14-4-5-15(16(10-14)26-2)18(24)20-7-8-21-13(11-20)9-12(19-21)3-6-17(22)23/h4-5,9-10H,3,6-8,11H2,1-2H3,(H,22,23). The van der Waals surface area contributed by atoms with Crippen molar-refractivity contribution in [2.45, 2.75) is 25.9 Å². The molecule has 1 aromatic carbocycles. The molecule has 1 aliphatic heterocycles. The predicted octanol–water partition coefficient (Wildman–Crippen LogP) is 1.57. The number of amides is 1. The molecule has 0 fully saturated rings. The third kappa shape index (κ3) is 3.63. The number of carboxylic acids is 1. The highest BCUT2D eigenvalue weighted by molar-refractivity contribution is 5.97. The average molecular weight is 359 g/mol. The van der Waals surface area contributed by atoms with Gasteiger partial charge in [-0.2, -0.15) is 5.10 Å². The number of ether oxygens (including phenoxy) is 2. The van der Waals surface area contributed by atoms with Crippen molar-refractivity contribution in [2.24, 2.45) is 0 Å². The molecule has 0 radical (unpaired) electrons. The van der Waals surface area contributed by atoms with Crippen molar-refractivity contribution >= 4 is 11.9 Å². The van der Waals surface area contributed by atoms with Crippen molar-refractivity contribution in [2.75, 3.05) is 20.8 Å². The number of benzene rings is 1. The minimum Gasteiger partial charge on any atom is -0.497 e. The van der Waals surface area contributed by atoms with Crippen LogP contribution in [-0.2, 0) is 24.3 Å². The molecule has 3 rings (SSSR count). The third-order valence-electron chi connectivity index (χ3n) is 4.37. The number of hydrogen-bond acceptors (Lipinski definition) is 5. The maximum Gasteiger partial charge on any atom is 0.303 e. The minimum atomic E-state index is -0.848. The smallest absolute Gasteiger partial charge is 0.303 e. The molecule has 0 bridgehead atoms. The van der Waals surface area contributed by atoms with Gasteiger partial charge < -0.3 is 19.5 Å². The molecule has 2 heterocycles. The van der Waals surface area contributed by atoms with E-state index in [-0.39, 0.29) is 12.3 Å². The molecule has 0 saturated carbocycles. The zero-order valence-electron chi connectivity index (χ0n) is 14.8. The highest BCUT2D eigenvalue weighted by Crippen LogP contribution is 2.27. The summed E-state index contributed by atoms with van der Waals surface area (Å²) >= 11 is 0. The van der Waals surface area contributed by atoms with E-state index in [0.29, 0.717) is 43.1 Å². The Bertz CT molecular complexity index is 830. The van der Waals surface area contributed by atoms with Crippen LogP contribution in [0, 0.1) is 0 Å². The van der Waals surface area contributed by atoms with Gasteiger partial charge in [-0.1, -0.05) is 0 Å². The van der Waals surface area contributed by atoms with Gasteiger partial charge in [-0.05, 0) is 18.2 Å². The molecule has 8 nitrogen and oxygen atoms in total. The Morgan fingerprint density at radius 2 is 2.00 bits per heavy atom. The van der Waals surface area contributed by atoms with Gasteiger partial charge in [0.05, 0.1) is 50.7 Å². The van der Waals surface area contributed by atoms with Crippen molar-refractivity contribution in [3.63, 3.8) is 0 Å². The number of hydrogen-bond donors (Lipinski definition) is 1. The van der Waals surface area contributed by atoms with Gasteiger partial charge in [-0.25, -0.2) is 0 Å². The summed E-state index contributed by atoms with van der Waals surface area (Å²) in [5.41, 5.74) is 2.11. The van der Waals surface area contributed by atoms with Gasteiger partial charge >= 0.3 is 5.97 Å². The van der Waals surface area contributed by atoms with Crippen LogP contribution in [-0.4, -0.2) is 52.4 Å². The summed E-state index contributed by atoms with van der Waals surface area (Å²) < 4.78 is 12.3. The Morgan fingerprint density at radius 3 is 2.69 bits per heavy atom. The average Bonchev–Trinajstić information content (AvgIpc) is 3.07. The molecule has 138 valence electrons. The van der Waals surface area contributed by atoms with E-state index < -0.39 is 5.97 Å². The quantitative estimate of drug-likeness (QED) is 0.841. The second kappa shape index (κ2) is 7.47. The Kier molecular flexibility index (Phi) is 5.11. The van der Waals surface area contributed by atoms with Gasteiger partial charge in [0.25, 0.3) is 5.91 Å². The molecule has 0 unspecified atom stereocenters. The number of methoxy groups -OCH3 is 2. The molecular weight excluding hydrogens is 338 g/mol. The number of rotatable bonds is 6. The van der Waals surface area contributed by atoms with Crippen LogP contribution in [0.2, 0.25) is 0 Å². The second-order valence-electron chi connectivity index (χ2n) is 6.04. The Balaban J connectivity index is 1.76. The van der Waals surface area contributed by atoms with Gasteiger partial charge in [0, 0.05) is 19.0 Å². The number of aliphatic carboxylic acids is 1. The lowest BCUT2D eigenvalue weighted by Crippen LogP contribution is -2.38. The zero-order valence-corrected chi connectivity index (χ0v) is 14.8. The highest BCUT2D eigenvalue weighted by Gasteiger charge is 2.25. The van der Waals surface area contributed by atoms with E-state index in [4.69, 9.17) is 14.6 Å². The van der Waals surface area contributed by atoms with Crippen LogP contribution < -0.4 is 9.47 Å². The summed E-state index contributed by atoms with van der Waals surface area (Å²) in [4.78, 5) is 25.4. The van der Waals surface area contributed by atoms with Gasteiger partial charge in [-0.15, -0.1) is 0 Å². The number of carbonyl (C=O) groups is 2.